The molecule has 0 saturated carbocycles. The average molecular weight is 351 g/mol. The van der Waals surface area contributed by atoms with Crippen LogP contribution in [0.1, 0.15) is 24.5 Å². The molecule has 138 valence electrons. The maximum absolute atomic E-state index is 12.5. The van der Waals surface area contributed by atoms with Crippen molar-refractivity contribution in [2.24, 2.45) is 0 Å². The van der Waals surface area contributed by atoms with E-state index in [0.29, 0.717) is 0 Å². The predicted octanol–water partition coefficient (Wildman–Crippen LogP) is 4.03. The summed E-state index contributed by atoms with van der Waals surface area (Å²) in [4.78, 5) is 16.8. The smallest absolute Gasteiger partial charge is 0.321 e. The van der Waals surface area contributed by atoms with E-state index >= 15 is 0 Å². The molecule has 1 fully saturated rings. The van der Waals surface area contributed by atoms with Crippen LogP contribution in [0.2, 0.25) is 0 Å². The second-order valence-corrected chi connectivity index (χ2v) is 6.94. The van der Waals surface area contributed by atoms with E-state index in [9.17, 15) is 4.79 Å². The largest absolute Gasteiger partial charge is 0.322 e. The third kappa shape index (κ3) is 5.33. The SMILES string of the molecule is CCCc1ccc(NC(=O)N2CCN(CCc3ccccc3)CC2)cc1. The van der Waals surface area contributed by atoms with Crippen molar-refractivity contribution >= 4 is 11.7 Å². The zero-order valence-corrected chi connectivity index (χ0v) is 15.7. The monoisotopic (exact) mass is 351 g/mol. The Morgan fingerprint density at radius 3 is 2.19 bits per heavy atom. The summed E-state index contributed by atoms with van der Waals surface area (Å²) >= 11 is 0. The third-order valence-electron chi connectivity index (χ3n) is 4.96. The first kappa shape index (κ1) is 18.5. The number of urea groups is 1. The molecule has 1 aliphatic rings. The molecule has 4 heteroatoms. The fourth-order valence-corrected chi connectivity index (χ4v) is 3.35. The van der Waals surface area contributed by atoms with Gasteiger partial charge in [0.05, 0.1) is 0 Å². The Kier molecular flexibility index (Phi) is 6.67. The molecule has 0 aliphatic carbocycles. The number of aryl methyl sites for hydroxylation is 1. The van der Waals surface area contributed by atoms with Crippen LogP contribution < -0.4 is 5.32 Å². The summed E-state index contributed by atoms with van der Waals surface area (Å²) in [6, 6.07) is 18.8. The van der Waals surface area contributed by atoms with Gasteiger partial charge in [-0.3, -0.25) is 4.90 Å². The summed E-state index contributed by atoms with van der Waals surface area (Å²) in [6.07, 6.45) is 3.29. The van der Waals surface area contributed by atoms with Gasteiger partial charge in [-0.25, -0.2) is 4.79 Å². The number of nitrogens with zero attached hydrogens (tertiary/aromatic N) is 2. The van der Waals surface area contributed by atoms with Crippen molar-refractivity contribution in [3.8, 4) is 0 Å². The molecule has 0 radical (unpaired) electrons. The second kappa shape index (κ2) is 9.39. The van der Waals surface area contributed by atoms with Crippen LogP contribution in [0.5, 0.6) is 0 Å². The van der Waals surface area contributed by atoms with Crippen molar-refractivity contribution in [2.45, 2.75) is 26.2 Å². The molecular formula is C22H29N3O. The van der Waals surface area contributed by atoms with E-state index in [1.165, 1.54) is 11.1 Å². The molecule has 1 aliphatic heterocycles. The highest BCUT2D eigenvalue weighted by Gasteiger charge is 2.20. The van der Waals surface area contributed by atoms with Gasteiger partial charge in [-0.15, -0.1) is 0 Å². The standard InChI is InChI=1S/C22H29N3O/c1-2-6-19-9-11-21(12-10-19)23-22(26)25-17-15-24(16-18-25)14-13-20-7-4-3-5-8-20/h3-5,7-12H,2,6,13-18H2,1H3,(H,23,26). The van der Waals surface area contributed by atoms with Crippen LogP contribution in [-0.4, -0.2) is 48.6 Å². The lowest BCUT2D eigenvalue weighted by Crippen LogP contribution is -2.50. The van der Waals surface area contributed by atoms with Crippen LogP contribution in [0.15, 0.2) is 54.6 Å². The number of nitrogens with one attached hydrogen (secondary N) is 1. The van der Waals surface area contributed by atoms with E-state index in [0.717, 1.165) is 57.7 Å². The highest BCUT2D eigenvalue weighted by Crippen LogP contribution is 2.13. The normalized spacial score (nSPS) is 15.0. The van der Waals surface area contributed by atoms with Crippen LogP contribution in [0.3, 0.4) is 0 Å². The van der Waals surface area contributed by atoms with E-state index in [2.05, 4.69) is 59.6 Å². The van der Waals surface area contributed by atoms with Gasteiger partial charge in [0.1, 0.15) is 0 Å². The molecule has 1 saturated heterocycles. The van der Waals surface area contributed by atoms with Gasteiger partial charge in [0.25, 0.3) is 0 Å². The average Bonchev–Trinajstić information content (AvgIpc) is 2.69. The molecule has 0 unspecified atom stereocenters. The van der Waals surface area contributed by atoms with Crippen LogP contribution in [0.25, 0.3) is 0 Å². The molecule has 26 heavy (non-hydrogen) atoms. The fraction of sp³-hybridized carbons (Fsp3) is 0.409. The summed E-state index contributed by atoms with van der Waals surface area (Å²) in [5, 5.41) is 3.02. The van der Waals surface area contributed by atoms with E-state index in [1.54, 1.807) is 0 Å². The minimum absolute atomic E-state index is 0.0101. The lowest BCUT2D eigenvalue weighted by Gasteiger charge is -2.34. The number of hydrogen-bond donors (Lipinski definition) is 1. The van der Waals surface area contributed by atoms with E-state index in [-0.39, 0.29) is 6.03 Å². The Morgan fingerprint density at radius 1 is 0.885 bits per heavy atom. The van der Waals surface area contributed by atoms with Crippen LogP contribution in [0.4, 0.5) is 10.5 Å². The van der Waals surface area contributed by atoms with Gasteiger partial charge >= 0.3 is 6.03 Å². The highest BCUT2D eigenvalue weighted by molar-refractivity contribution is 5.89. The molecule has 0 aromatic heterocycles. The number of amides is 2. The number of piperazine rings is 1. The molecule has 4 nitrogen and oxygen atoms in total. The van der Waals surface area contributed by atoms with E-state index in [1.807, 2.05) is 17.0 Å². The lowest BCUT2D eigenvalue weighted by atomic mass is 10.1. The zero-order chi connectivity index (χ0) is 18.2. The minimum atomic E-state index is 0.0101. The molecule has 0 bridgehead atoms. The Balaban J connectivity index is 1.41. The summed E-state index contributed by atoms with van der Waals surface area (Å²) in [5.41, 5.74) is 3.57. The van der Waals surface area contributed by atoms with Crippen molar-refractivity contribution < 1.29 is 4.79 Å². The summed E-state index contributed by atoms with van der Waals surface area (Å²) < 4.78 is 0. The topological polar surface area (TPSA) is 35.6 Å². The van der Waals surface area contributed by atoms with Crippen molar-refractivity contribution in [3.63, 3.8) is 0 Å². The number of carbonyl (C=O) groups is 1. The molecule has 3 rings (SSSR count). The van der Waals surface area contributed by atoms with Gasteiger partial charge in [-0.1, -0.05) is 55.8 Å². The number of carbonyl (C=O) groups excluding carboxylic acids is 1. The summed E-state index contributed by atoms with van der Waals surface area (Å²) in [5.74, 6) is 0. The quantitative estimate of drug-likeness (QED) is 0.853. The zero-order valence-electron chi connectivity index (χ0n) is 15.7. The number of rotatable bonds is 6. The van der Waals surface area contributed by atoms with E-state index in [4.69, 9.17) is 0 Å². The molecule has 0 spiro atoms. The van der Waals surface area contributed by atoms with Gasteiger partial charge in [0, 0.05) is 38.4 Å². The summed E-state index contributed by atoms with van der Waals surface area (Å²) in [6.45, 7) is 6.68. The first-order valence-electron chi connectivity index (χ1n) is 9.66. The van der Waals surface area contributed by atoms with Crippen LogP contribution in [0, 0.1) is 0 Å². The molecule has 0 atom stereocenters. The lowest BCUT2D eigenvalue weighted by molar-refractivity contribution is 0.148. The molecule has 1 N–H and O–H groups in total. The number of hydrogen-bond acceptors (Lipinski definition) is 2. The van der Waals surface area contributed by atoms with Gasteiger partial charge < -0.3 is 10.2 Å². The van der Waals surface area contributed by atoms with Gasteiger partial charge in [0.2, 0.25) is 0 Å². The van der Waals surface area contributed by atoms with Crippen molar-refractivity contribution in [3.05, 3.63) is 65.7 Å². The maximum Gasteiger partial charge on any atom is 0.321 e. The van der Waals surface area contributed by atoms with Crippen LogP contribution >= 0.6 is 0 Å². The van der Waals surface area contributed by atoms with Crippen molar-refractivity contribution in [2.75, 3.05) is 38.0 Å². The van der Waals surface area contributed by atoms with E-state index < -0.39 is 0 Å². The molecule has 1 heterocycles. The molecule has 2 aromatic rings. The molecule has 2 aromatic carbocycles. The minimum Gasteiger partial charge on any atom is -0.322 e. The van der Waals surface area contributed by atoms with Gasteiger partial charge in [0.15, 0.2) is 0 Å². The van der Waals surface area contributed by atoms with Gasteiger partial charge in [-0.05, 0) is 36.1 Å². The summed E-state index contributed by atoms with van der Waals surface area (Å²) in [7, 11) is 0. The molecule has 2 amide bonds. The number of anilines is 1. The highest BCUT2D eigenvalue weighted by atomic mass is 16.2. The second-order valence-electron chi connectivity index (χ2n) is 6.94. The third-order valence-corrected chi connectivity index (χ3v) is 4.96. The Morgan fingerprint density at radius 2 is 1.54 bits per heavy atom. The maximum atomic E-state index is 12.5. The number of benzene rings is 2. The fourth-order valence-electron chi connectivity index (χ4n) is 3.35. The van der Waals surface area contributed by atoms with Crippen molar-refractivity contribution in [1.82, 2.24) is 9.80 Å². The van der Waals surface area contributed by atoms with Crippen LogP contribution in [-0.2, 0) is 12.8 Å². The van der Waals surface area contributed by atoms with Gasteiger partial charge in [-0.2, -0.15) is 0 Å². The molecular weight excluding hydrogens is 322 g/mol. The Labute approximate surface area is 156 Å². The predicted molar refractivity (Wildman–Crippen MR) is 108 cm³/mol. The van der Waals surface area contributed by atoms with Crippen molar-refractivity contribution in [1.29, 1.82) is 0 Å². The Bertz CT molecular complexity index is 676. The Hall–Kier alpha value is -2.33. The first-order valence-corrected chi connectivity index (χ1v) is 9.66. The first-order chi connectivity index (χ1) is 12.7.